The van der Waals surface area contributed by atoms with E-state index in [1.54, 1.807) is 18.0 Å². The molecule has 0 spiro atoms. The van der Waals surface area contributed by atoms with Crippen molar-refractivity contribution in [3.63, 3.8) is 0 Å². The first kappa shape index (κ1) is 15.1. The Labute approximate surface area is 129 Å². The highest BCUT2D eigenvalue weighted by Gasteiger charge is 2.32. The molecule has 2 N–H and O–H groups in total. The smallest absolute Gasteiger partial charge is 0.230 e. The molecule has 6 nitrogen and oxygen atoms in total. The van der Waals surface area contributed by atoms with Crippen LogP contribution in [-0.4, -0.2) is 37.4 Å². The molecule has 1 unspecified atom stereocenters. The largest absolute Gasteiger partial charge is 0.350 e. The predicted octanol–water partition coefficient (Wildman–Crippen LogP) is 0.912. The van der Waals surface area contributed by atoms with Crippen molar-refractivity contribution in [1.82, 2.24) is 9.47 Å². The number of likely N-dealkylation sites (N-methyl/N-ethyl adjacent to an activating group) is 1. The van der Waals surface area contributed by atoms with E-state index in [9.17, 15) is 13.2 Å². The third kappa shape index (κ3) is 2.62. The van der Waals surface area contributed by atoms with E-state index in [1.165, 1.54) is 0 Å². The van der Waals surface area contributed by atoms with Gasteiger partial charge in [-0.2, -0.15) is 0 Å². The Balaban J connectivity index is 2.10. The van der Waals surface area contributed by atoms with E-state index in [4.69, 9.17) is 5.14 Å². The van der Waals surface area contributed by atoms with Gasteiger partial charge in [0.05, 0.1) is 11.7 Å². The number of amides is 1. The molecule has 118 valence electrons. The first-order valence-electron chi connectivity index (χ1n) is 7.09. The minimum absolute atomic E-state index is 0.115. The van der Waals surface area contributed by atoms with Gasteiger partial charge in [0.1, 0.15) is 0 Å². The standard InChI is InChI=1S/C15H19N3O3S/c1-17-6-5-11(15(17)19)13-8-18(2)14-4-3-10(7-12(13)14)9-22(16,20)21/h3-4,7-8,11H,5-6,9H2,1-2H3,(H2,16,20,21). The minimum Gasteiger partial charge on any atom is -0.350 e. The Morgan fingerprint density at radius 2 is 2.05 bits per heavy atom. The van der Waals surface area contributed by atoms with E-state index in [1.807, 2.05) is 29.9 Å². The highest BCUT2D eigenvalue weighted by atomic mass is 32.2. The lowest BCUT2D eigenvalue weighted by molar-refractivity contribution is -0.127. The Bertz CT molecular complexity index is 854. The zero-order valence-corrected chi connectivity index (χ0v) is 13.4. The molecule has 3 rings (SSSR count). The van der Waals surface area contributed by atoms with Crippen LogP contribution >= 0.6 is 0 Å². The maximum absolute atomic E-state index is 12.3. The first-order chi connectivity index (χ1) is 10.3. The molecule has 0 aliphatic carbocycles. The Morgan fingerprint density at radius 1 is 1.32 bits per heavy atom. The second kappa shape index (κ2) is 5.10. The average Bonchev–Trinajstić information content (AvgIpc) is 2.90. The summed E-state index contributed by atoms with van der Waals surface area (Å²) in [7, 11) is 0.158. The van der Waals surface area contributed by atoms with Crippen LogP contribution in [-0.2, 0) is 27.6 Å². The van der Waals surface area contributed by atoms with E-state index >= 15 is 0 Å². The molecular formula is C15H19N3O3S. The van der Waals surface area contributed by atoms with Crippen LogP contribution in [0.3, 0.4) is 0 Å². The van der Waals surface area contributed by atoms with Gasteiger partial charge in [-0.15, -0.1) is 0 Å². The summed E-state index contributed by atoms with van der Waals surface area (Å²) in [5.74, 6) is -0.238. The number of benzene rings is 1. The molecule has 1 aromatic heterocycles. The lowest BCUT2D eigenvalue weighted by Crippen LogP contribution is -2.21. The zero-order chi connectivity index (χ0) is 16.1. The third-order valence-electron chi connectivity index (χ3n) is 4.26. The highest BCUT2D eigenvalue weighted by molar-refractivity contribution is 7.88. The van der Waals surface area contributed by atoms with Crippen LogP contribution in [0.1, 0.15) is 23.5 Å². The van der Waals surface area contributed by atoms with E-state index < -0.39 is 10.0 Å². The molecule has 1 aromatic carbocycles. The van der Waals surface area contributed by atoms with Crippen LogP contribution in [0.4, 0.5) is 0 Å². The number of likely N-dealkylation sites (tertiary alicyclic amines) is 1. The highest BCUT2D eigenvalue weighted by Crippen LogP contribution is 2.34. The molecule has 1 atom stereocenters. The summed E-state index contributed by atoms with van der Waals surface area (Å²) in [6, 6.07) is 5.47. The van der Waals surface area contributed by atoms with Gasteiger partial charge in [-0.25, -0.2) is 13.6 Å². The summed E-state index contributed by atoms with van der Waals surface area (Å²) in [5, 5.41) is 6.05. The van der Waals surface area contributed by atoms with Gasteiger partial charge in [0, 0.05) is 37.7 Å². The fourth-order valence-corrected chi connectivity index (χ4v) is 3.82. The summed E-state index contributed by atoms with van der Waals surface area (Å²) in [5.41, 5.74) is 2.58. The van der Waals surface area contributed by atoms with Gasteiger partial charge in [-0.3, -0.25) is 4.79 Å². The monoisotopic (exact) mass is 321 g/mol. The fraction of sp³-hybridized carbons (Fsp3) is 0.400. The molecular weight excluding hydrogens is 302 g/mol. The average molecular weight is 321 g/mol. The molecule has 1 aliphatic heterocycles. The molecule has 1 saturated heterocycles. The number of rotatable bonds is 3. The van der Waals surface area contributed by atoms with E-state index in [0.29, 0.717) is 5.56 Å². The molecule has 2 aromatic rings. The van der Waals surface area contributed by atoms with Crippen LogP contribution in [0.2, 0.25) is 0 Å². The van der Waals surface area contributed by atoms with Crippen LogP contribution in [0.15, 0.2) is 24.4 Å². The van der Waals surface area contributed by atoms with Crippen molar-refractivity contribution < 1.29 is 13.2 Å². The van der Waals surface area contributed by atoms with Gasteiger partial charge in [0.2, 0.25) is 15.9 Å². The second-order valence-electron chi connectivity index (χ2n) is 5.96. The number of fused-ring (bicyclic) bond motifs is 1. The molecule has 2 heterocycles. The van der Waals surface area contributed by atoms with Crippen LogP contribution in [0, 0.1) is 0 Å². The maximum atomic E-state index is 12.3. The Kier molecular flexibility index (Phi) is 3.49. The SMILES string of the molecule is CN1CCC(c2cn(C)c3ccc(CS(N)(=O)=O)cc23)C1=O. The number of aromatic nitrogens is 1. The number of hydrogen-bond acceptors (Lipinski definition) is 3. The normalized spacial score (nSPS) is 19.3. The lowest BCUT2D eigenvalue weighted by atomic mass is 9.96. The number of nitrogens with two attached hydrogens (primary N) is 1. The Morgan fingerprint density at radius 3 is 2.64 bits per heavy atom. The van der Waals surface area contributed by atoms with Crippen LogP contribution < -0.4 is 5.14 Å². The molecule has 1 amide bonds. The number of nitrogens with zero attached hydrogens (tertiary/aromatic N) is 2. The summed E-state index contributed by atoms with van der Waals surface area (Å²) in [6.07, 6.45) is 2.75. The fourth-order valence-electron chi connectivity index (χ4n) is 3.18. The van der Waals surface area contributed by atoms with Crippen molar-refractivity contribution in [2.45, 2.75) is 18.1 Å². The van der Waals surface area contributed by atoms with E-state index in [2.05, 4.69) is 0 Å². The molecule has 0 radical (unpaired) electrons. The zero-order valence-electron chi connectivity index (χ0n) is 12.6. The van der Waals surface area contributed by atoms with Gasteiger partial charge in [-0.1, -0.05) is 6.07 Å². The molecule has 22 heavy (non-hydrogen) atoms. The molecule has 0 saturated carbocycles. The summed E-state index contributed by atoms with van der Waals surface area (Å²) in [6.45, 7) is 0.747. The molecule has 7 heteroatoms. The summed E-state index contributed by atoms with van der Waals surface area (Å²) >= 11 is 0. The van der Waals surface area contributed by atoms with E-state index in [0.717, 1.165) is 29.4 Å². The molecule has 1 aliphatic rings. The topological polar surface area (TPSA) is 85.4 Å². The third-order valence-corrected chi connectivity index (χ3v) is 4.99. The summed E-state index contributed by atoms with van der Waals surface area (Å²) in [4.78, 5) is 14.0. The number of aryl methyl sites for hydroxylation is 1. The predicted molar refractivity (Wildman–Crippen MR) is 84.7 cm³/mol. The van der Waals surface area contributed by atoms with Gasteiger partial charge in [0.25, 0.3) is 0 Å². The van der Waals surface area contributed by atoms with Gasteiger partial charge >= 0.3 is 0 Å². The number of carbonyl (C=O) groups is 1. The van der Waals surface area contributed by atoms with Crippen molar-refractivity contribution in [1.29, 1.82) is 0 Å². The number of hydrogen-bond donors (Lipinski definition) is 1. The minimum atomic E-state index is -3.57. The lowest BCUT2D eigenvalue weighted by Gasteiger charge is -2.10. The maximum Gasteiger partial charge on any atom is 0.230 e. The van der Waals surface area contributed by atoms with Crippen LogP contribution in [0.5, 0.6) is 0 Å². The number of primary sulfonamides is 1. The van der Waals surface area contributed by atoms with Gasteiger partial charge in [-0.05, 0) is 29.7 Å². The van der Waals surface area contributed by atoms with Crippen molar-refractivity contribution in [3.8, 4) is 0 Å². The summed E-state index contributed by atoms with van der Waals surface area (Å²) < 4.78 is 24.5. The second-order valence-corrected chi connectivity index (χ2v) is 7.57. The van der Waals surface area contributed by atoms with Crippen molar-refractivity contribution in [2.24, 2.45) is 12.2 Å². The quantitative estimate of drug-likeness (QED) is 0.912. The van der Waals surface area contributed by atoms with Crippen molar-refractivity contribution in [2.75, 3.05) is 13.6 Å². The van der Waals surface area contributed by atoms with Crippen molar-refractivity contribution in [3.05, 3.63) is 35.5 Å². The number of carbonyl (C=O) groups excluding carboxylic acids is 1. The van der Waals surface area contributed by atoms with Crippen LogP contribution in [0.25, 0.3) is 10.9 Å². The van der Waals surface area contributed by atoms with Gasteiger partial charge in [0.15, 0.2) is 0 Å². The van der Waals surface area contributed by atoms with Crippen molar-refractivity contribution >= 4 is 26.8 Å². The number of sulfonamides is 1. The molecule has 1 fully saturated rings. The molecule has 0 bridgehead atoms. The Hall–Kier alpha value is -1.86. The van der Waals surface area contributed by atoms with Gasteiger partial charge < -0.3 is 9.47 Å². The first-order valence-corrected chi connectivity index (χ1v) is 8.81. The van der Waals surface area contributed by atoms with E-state index in [-0.39, 0.29) is 17.6 Å².